The van der Waals surface area contributed by atoms with Crippen LogP contribution in [0.2, 0.25) is 0 Å². The highest BCUT2D eigenvalue weighted by atomic mass is 15.2. The maximum absolute atomic E-state index is 3.65. The van der Waals surface area contributed by atoms with Crippen molar-refractivity contribution in [2.24, 2.45) is 5.92 Å². The zero-order valence-corrected chi connectivity index (χ0v) is 36.5. The van der Waals surface area contributed by atoms with Crippen molar-refractivity contribution in [1.82, 2.24) is 0 Å². The van der Waals surface area contributed by atoms with Gasteiger partial charge in [-0.25, -0.2) is 0 Å². The molecular weight excluding hydrogens is 789 g/mol. The van der Waals surface area contributed by atoms with E-state index in [2.05, 4.69) is 270 Å². The summed E-state index contributed by atoms with van der Waals surface area (Å²) in [5.41, 5.74) is 14.5. The lowest BCUT2D eigenvalue weighted by Gasteiger charge is -2.33. The number of nitrogens with zero attached hydrogens (tertiary/aromatic N) is 3. The zero-order valence-electron chi connectivity index (χ0n) is 36.5. The summed E-state index contributed by atoms with van der Waals surface area (Å²) in [4.78, 5) is 7.07. The van der Waals surface area contributed by atoms with Crippen molar-refractivity contribution in [2.75, 3.05) is 20.0 Å². The van der Waals surface area contributed by atoms with Crippen molar-refractivity contribution >= 4 is 67.6 Å². The van der Waals surface area contributed by atoms with Crippen molar-refractivity contribution in [3.63, 3.8) is 0 Å². The Labute approximate surface area is 383 Å². The van der Waals surface area contributed by atoms with E-state index in [4.69, 9.17) is 0 Å². The van der Waals surface area contributed by atoms with Crippen molar-refractivity contribution in [3.8, 4) is 0 Å². The third-order valence-electron chi connectivity index (χ3n) is 12.0. The number of nitrogens with one attached hydrogen (secondary N) is 1. The molecule has 0 fully saturated rings. The Morgan fingerprint density at radius 1 is 0.385 bits per heavy atom. The highest BCUT2D eigenvalue weighted by molar-refractivity contribution is 5.90. The lowest BCUT2D eigenvalue weighted by atomic mass is 9.86. The molecule has 0 amide bonds. The van der Waals surface area contributed by atoms with Gasteiger partial charge in [-0.1, -0.05) is 134 Å². The lowest BCUT2D eigenvalue weighted by molar-refractivity contribution is 0.732. The van der Waals surface area contributed by atoms with Crippen LogP contribution in [-0.4, -0.2) is 0 Å². The minimum absolute atomic E-state index is 0.364. The molecule has 314 valence electrons. The van der Waals surface area contributed by atoms with Gasteiger partial charge in [0.05, 0.1) is 0 Å². The van der Waals surface area contributed by atoms with Crippen LogP contribution >= 0.6 is 0 Å². The Balaban J connectivity index is 1.03. The minimum Gasteiger partial charge on any atom is -0.356 e. The molecule has 4 nitrogen and oxygen atoms in total. The molecule has 0 saturated heterocycles. The molecule has 2 aliphatic rings. The summed E-state index contributed by atoms with van der Waals surface area (Å²) in [6, 6.07) is 79.9. The largest absolute Gasteiger partial charge is 0.356 e. The number of allylic oxidation sites excluding steroid dienone is 8. The van der Waals surface area contributed by atoms with Gasteiger partial charge in [-0.2, -0.15) is 0 Å². The van der Waals surface area contributed by atoms with E-state index in [-0.39, 0.29) is 0 Å². The maximum atomic E-state index is 3.65. The van der Waals surface area contributed by atoms with Crippen LogP contribution in [0.15, 0.2) is 272 Å². The molecule has 0 heterocycles. The first-order valence-corrected chi connectivity index (χ1v) is 22.4. The molecule has 0 radical (unpaired) electrons. The number of anilines is 10. The Morgan fingerprint density at radius 3 is 1.52 bits per heavy atom. The van der Waals surface area contributed by atoms with Crippen LogP contribution in [0.25, 0.3) is 10.8 Å². The molecule has 1 N–H and O–H groups in total. The van der Waals surface area contributed by atoms with Crippen molar-refractivity contribution in [3.05, 3.63) is 278 Å². The second-order valence-electron chi connectivity index (χ2n) is 16.4. The van der Waals surface area contributed by atoms with Crippen LogP contribution in [0.5, 0.6) is 0 Å². The second-order valence-corrected chi connectivity index (χ2v) is 16.4. The average Bonchev–Trinajstić information content (AvgIpc) is 3.36. The third kappa shape index (κ3) is 9.25. The Morgan fingerprint density at radius 2 is 0.862 bits per heavy atom. The quantitative estimate of drug-likeness (QED) is 0.140. The number of rotatable bonds is 11. The fourth-order valence-corrected chi connectivity index (χ4v) is 8.80. The van der Waals surface area contributed by atoms with Gasteiger partial charge < -0.3 is 20.0 Å². The Hall–Kier alpha value is -8.34. The van der Waals surface area contributed by atoms with E-state index in [9.17, 15) is 0 Å². The first-order valence-electron chi connectivity index (χ1n) is 22.4. The van der Waals surface area contributed by atoms with Gasteiger partial charge in [-0.15, -0.1) is 0 Å². The highest BCUT2D eigenvalue weighted by Gasteiger charge is 2.24. The predicted octanol–water partition coefficient (Wildman–Crippen LogP) is 17.1. The fraction of sp³-hybridized carbons (Fsp3) is 0.0492. The van der Waals surface area contributed by atoms with E-state index in [0.29, 0.717) is 5.92 Å². The Bertz CT molecular complexity index is 3090. The molecule has 8 aromatic carbocycles. The number of hydrogen-bond donors (Lipinski definition) is 1. The molecule has 2 aliphatic carbocycles. The van der Waals surface area contributed by atoms with Gasteiger partial charge in [0.2, 0.25) is 0 Å². The Kier molecular flexibility index (Phi) is 11.9. The fourth-order valence-electron chi connectivity index (χ4n) is 8.80. The lowest BCUT2D eigenvalue weighted by Crippen LogP contribution is -2.21. The van der Waals surface area contributed by atoms with Crippen LogP contribution in [0.4, 0.5) is 56.9 Å². The zero-order chi connectivity index (χ0) is 43.8. The van der Waals surface area contributed by atoms with E-state index in [1.54, 1.807) is 0 Å². The molecule has 0 bridgehead atoms. The molecule has 0 aromatic heterocycles. The number of para-hydroxylation sites is 2. The van der Waals surface area contributed by atoms with Gasteiger partial charge in [-0.05, 0) is 163 Å². The maximum Gasteiger partial charge on any atom is 0.0468 e. The molecule has 1 atom stereocenters. The average molecular weight is 839 g/mol. The van der Waals surface area contributed by atoms with Gasteiger partial charge in [0, 0.05) is 68.5 Å². The minimum atomic E-state index is 0.364. The van der Waals surface area contributed by atoms with E-state index in [1.807, 2.05) is 18.2 Å². The first kappa shape index (κ1) is 40.7. The van der Waals surface area contributed by atoms with Gasteiger partial charge in [-0.3, -0.25) is 0 Å². The highest BCUT2D eigenvalue weighted by Crippen LogP contribution is 2.43. The molecular formula is C61H50N4. The molecule has 0 aliphatic heterocycles. The molecule has 0 spiro atoms. The van der Waals surface area contributed by atoms with Gasteiger partial charge in [0.25, 0.3) is 0 Å². The smallest absolute Gasteiger partial charge is 0.0468 e. The summed E-state index contributed by atoms with van der Waals surface area (Å²) < 4.78 is 0. The van der Waals surface area contributed by atoms with E-state index in [0.717, 1.165) is 63.3 Å². The summed E-state index contributed by atoms with van der Waals surface area (Å²) in [5.74, 6) is 0.364. The topological polar surface area (TPSA) is 21.8 Å². The van der Waals surface area contributed by atoms with Crippen molar-refractivity contribution < 1.29 is 0 Å². The summed E-state index contributed by atoms with van der Waals surface area (Å²) in [7, 11) is 0. The van der Waals surface area contributed by atoms with Gasteiger partial charge in [0.1, 0.15) is 0 Å². The number of hydrogen-bond acceptors (Lipinski definition) is 4. The second kappa shape index (κ2) is 19.0. The monoisotopic (exact) mass is 838 g/mol. The van der Waals surface area contributed by atoms with Crippen LogP contribution in [0.3, 0.4) is 0 Å². The van der Waals surface area contributed by atoms with Crippen LogP contribution in [0.1, 0.15) is 12.0 Å². The molecule has 1 unspecified atom stereocenters. The van der Waals surface area contributed by atoms with Gasteiger partial charge in [0.15, 0.2) is 0 Å². The summed E-state index contributed by atoms with van der Waals surface area (Å²) in [6.45, 7) is 2.12. The SMILES string of the molecule is Cc1cccccccc(Nc2ccc(N(c3ccc(N(C4=CC=C5C=CC=CC5C4)c4ccccc4)cc3)c3ccc(N(c4ccccc4)c4ccc5ccccc5c4)cc3)cc2)c1. The van der Waals surface area contributed by atoms with Crippen molar-refractivity contribution in [2.45, 2.75) is 13.3 Å². The standard InChI is InChI=1S/C61H50N4/c1-46-17-7-3-2-4-8-22-52(43-46)62-51-29-33-55(34-30-51)63(56-35-39-58(40-36-56)64(53-23-9-5-10-24-53)60-31-27-47-18-13-15-20-49(47)44-60)57-37-41-59(42-38-57)65(54-25-11-6-12-26-54)61-32-28-48-19-14-16-21-50(48)45-61/h2-44,50,62H,45H2,1H3. The number of aryl methyl sites for hydroxylation is 1. The third-order valence-corrected chi connectivity index (χ3v) is 12.0. The van der Waals surface area contributed by atoms with Crippen LogP contribution in [-0.2, 0) is 0 Å². The summed E-state index contributed by atoms with van der Waals surface area (Å²) in [6.07, 6.45) is 14.3. The van der Waals surface area contributed by atoms with Crippen LogP contribution in [0, 0.1) is 12.8 Å². The molecule has 10 rings (SSSR count). The van der Waals surface area contributed by atoms with E-state index in [1.165, 1.54) is 27.6 Å². The van der Waals surface area contributed by atoms with E-state index < -0.39 is 0 Å². The molecule has 0 saturated carbocycles. The first-order chi connectivity index (χ1) is 32.1. The molecule has 4 heteroatoms. The number of fused-ring (bicyclic) bond motifs is 2. The summed E-state index contributed by atoms with van der Waals surface area (Å²) in [5, 5.41) is 6.08. The normalized spacial score (nSPS) is 13.8. The number of benzene rings is 7. The predicted molar refractivity (Wildman–Crippen MR) is 277 cm³/mol. The molecule has 65 heavy (non-hydrogen) atoms. The van der Waals surface area contributed by atoms with E-state index >= 15 is 0 Å². The van der Waals surface area contributed by atoms with Gasteiger partial charge >= 0.3 is 0 Å². The summed E-state index contributed by atoms with van der Waals surface area (Å²) >= 11 is 0. The van der Waals surface area contributed by atoms with Crippen LogP contribution < -0.4 is 20.0 Å². The molecule has 8 aromatic rings. The van der Waals surface area contributed by atoms with Crippen molar-refractivity contribution in [1.29, 1.82) is 0 Å².